The van der Waals surface area contributed by atoms with E-state index >= 15 is 4.39 Å². The second-order valence-corrected chi connectivity index (χ2v) is 6.21. The number of aliphatic hydroxyl groups is 2. The lowest BCUT2D eigenvalue weighted by molar-refractivity contribution is -0.206. The van der Waals surface area contributed by atoms with E-state index in [2.05, 4.69) is 15.0 Å². The van der Waals surface area contributed by atoms with Crippen molar-refractivity contribution < 1.29 is 23.7 Å². The second-order valence-electron chi connectivity index (χ2n) is 6.21. The summed E-state index contributed by atoms with van der Waals surface area (Å²) in [7, 11) is 1.77. The maximum Gasteiger partial charge on any atom is 0.263 e. The predicted molar refractivity (Wildman–Crippen MR) is 85.2 cm³/mol. The minimum absolute atomic E-state index is 0.0719. The molecule has 9 nitrogen and oxygen atoms in total. The maximum absolute atomic E-state index is 15.0. The van der Waals surface area contributed by atoms with Crippen LogP contribution in [0.5, 0.6) is 0 Å². The summed E-state index contributed by atoms with van der Waals surface area (Å²) in [6.07, 6.45) is -2.58. The molecule has 3 rings (SSSR count). The number of imidazole rings is 1. The summed E-state index contributed by atoms with van der Waals surface area (Å²) in [6.45, 7) is 2.29. The van der Waals surface area contributed by atoms with Gasteiger partial charge in [-0.25, -0.2) is 13.8 Å². The molecule has 2 aromatic heterocycles. The number of nitrogens with two attached hydrogens (primary N) is 1. The van der Waals surface area contributed by atoms with Gasteiger partial charge in [0.2, 0.25) is 5.95 Å². The molecular formula is C14H20F2N6O3. The number of rotatable bonds is 4. The number of anilines is 2. The number of hydrogen-bond acceptors (Lipinski definition) is 8. The van der Waals surface area contributed by atoms with Crippen LogP contribution in [0.15, 0.2) is 6.33 Å². The normalized spacial score (nSPS) is 32.4. The topological polar surface area (TPSA) is 123 Å². The van der Waals surface area contributed by atoms with Crippen molar-refractivity contribution >= 4 is 22.9 Å². The third kappa shape index (κ3) is 2.50. The Morgan fingerprint density at radius 1 is 1.44 bits per heavy atom. The first kappa shape index (κ1) is 17.7. The third-order valence-electron chi connectivity index (χ3n) is 4.46. The zero-order chi connectivity index (χ0) is 18.6. The third-order valence-corrected chi connectivity index (χ3v) is 4.46. The van der Waals surface area contributed by atoms with Crippen LogP contribution < -0.4 is 10.6 Å². The zero-order valence-corrected chi connectivity index (χ0v) is 14.0. The predicted octanol–water partition coefficient (Wildman–Crippen LogP) is 0.141. The van der Waals surface area contributed by atoms with E-state index in [0.29, 0.717) is 17.9 Å². The Labute approximate surface area is 142 Å². The van der Waals surface area contributed by atoms with Gasteiger partial charge in [-0.15, -0.1) is 0 Å². The Balaban J connectivity index is 2.16. The molecule has 4 N–H and O–H groups in total. The van der Waals surface area contributed by atoms with Crippen LogP contribution in [0.1, 0.15) is 20.1 Å². The highest BCUT2D eigenvalue weighted by Crippen LogP contribution is 2.48. The van der Waals surface area contributed by atoms with Crippen molar-refractivity contribution in [2.45, 2.75) is 37.7 Å². The molecule has 0 saturated carbocycles. The first-order valence-corrected chi connectivity index (χ1v) is 7.71. The Kier molecular flexibility index (Phi) is 4.05. The molecule has 2 aromatic rings. The summed E-state index contributed by atoms with van der Waals surface area (Å²) >= 11 is 0. The van der Waals surface area contributed by atoms with Crippen LogP contribution in [-0.4, -0.2) is 67.6 Å². The standard InChI is InChI=1S/C14H20F2N6O3/c1-4-21(3)8-7-9(20-12(17)19-8)22(6-18-7)11-13(2,15)10(24)14(16,5-23)25-11/h6,10-11,23-24H,4-5H2,1-3H3,(H2,17,19,20)/t10?,11-,13-,14-/m1/s1. The molecule has 0 amide bonds. The van der Waals surface area contributed by atoms with Crippen LogP contribution >= 0.6 is 0 Å². The number of halogens is 2. The fourth-order valence-electron chi connectivity index (χ4n) is 2.88. The quantitative estimate of drug-likeness (QED) is 0.705. The van der Waals surface area contributed by atoms with Crippen LogP contribution in [0.2, 0.25) is 0 Å². The highest BCUT2D eigenvalue weighted by atomic mass is 19.2. The van der Waals surface area contributed by atoms with Crippen LogP contribution in [-0.2, 0) is 4.74 Å². The molecule has 11 heteroatoms. The van der Waals surface area contributed by atoms with E-state index in [1.54, 1.807) is 11.9 Å². The van der Waals surface area contributed by atoms with E-state index in [1.807, 2.05) is 6.92 Å². The zero-order valence-electron chi connectivity index (χ0n) is 14.0. The molecule has 138 valence electrons. The fourth-order valence-corrected chi connectivity index (χ4v) is 2.88. The van der Waals surface area contributed by atoms with Gasteiger partial charge in [0, 0.05) is 13.6 Å². The van der Waals surface area contributed by atoms with Crippen LogP contribution in [0, 0.1) is 0 Å². The van der Waals surface area contributed by atoms with E-state index in [9.17, 15) is 9.50 Å². The SMILES string of the molecule is CCN(C)c1nc(N)nc2c1ncn2[C@@H]1O[C@](F)(CO)C(O)[C@@]1(C)F. The Morgan fingerprint density at radius 3 is 2.68 bits per heavy atom. The van der Waals surface area contributed by atoms with Gasteiger partial charge in [-0.2, -0.15) is 9.97 Å². The molecule has 1 fully saturated rings. The van der Waals surface area contributed by atoms with Crippen LogP contribution in [0.25, 0.3) is 11.2 Å². The first-order valence-electron chi connectivity index (χ1n) is 7.71. The lowest BCUT2D eigenvalue weighted by atomic mass is 9.97. The maximum atomic E-state index is 15.0. The lowest BCUT2D eigenvalue weighted by Gasteiger charge is -2.24. The molecule has 0 aliphatic carbocycles. The Bertz CT molecular complexity index is 800. The van der Waals surface area contributed by atoms with Crippen molar-refractivity contribution in [2.75, 3.05) is 30.8 Å². The number of nitrogen functional groups attached to an aromatic ring is 1. The summed E-state index contributed by atoms with van der Waals surface area (Å²) < 4.78 is 35.6. The Hall–Kier alpha value is -2.11. The highest BCUT2D eigenvalue weighted by molar-refractivity contribution is 5.84. The molecule has 25 heavy (non-hydrogen) atoms. The average molecular weight is 358 g/mol. The number of aliphatic hydroxyl groups excluding tert-OH is 2. The molecule has 0 aromatic carbocycles. The summed E-state index contributed by atoms with van der Waals surface area (Å²) in [5.74, 6) is -2.58. The van der Waals surface area contributed by atoms with Crippen LogP contribution in [0.4, 0.5) is 20.5 Å². The monoisotopic (exact) mass is 358 g/mol. The van der Waals surface area contributed by atoms with Gasteiger partial charge in [0.25, 0.3) is 5.85 Å². The van der Waals surface area contributed by atoms with Crippen molar-refractivity contribution in [3.63, 3.8) is 0 Å². The number of aromatic nitrogens is 4. The molecule has 0 bridgehead atoms. The fraction of sp³-hybridized carbons (Fsp3) is 0.643. The number of hydrogen-bond donors (Lipinski definition) is 3. The van der Waals surface area contributed by atoms with Gasteiger partial charge in [-0.05, 0) is 13.8 Å². The van der Waals surface area contributed by atoms with Gasteiger partial charge in [-0.1, -0.05) is 0 Å². The summed E-state index contributed by atoms with van der Waals surface area (Å²) in [5.41, 5.74) is 3.65. The number of nitrogens with zero attached hydrogens (tertiary/aromatic N) is 5. The molecule has 4 atom stereocenters. The highest BCUT2D eigenvalue weighted by Gasteiger charge is 2.64. The van der Waals surface area contributed by atoms with E-state index in [4.69, 9.17) is 15.6 Å². The van der Waals surface area contributed by atoms with Crippen LogP contribution in [0.3, 0.4) is 0 Å². The summed E-state index contributed by atoms with van der Waals surface area (Å²) in [5, 5.41) is 19.1. The molecule has 1 saturated heterocycles. The molecule has 0 radical (unpaired) electrons. The van der Waals surface area contributed by atoms with Gasteiger partial charge < -0.3 is 25.6 Å². The lowest BCUT2D eigenvalue weighted by Crippen LogP contribution is -2.46. The minimum atomic E-state index is -2.94. The van der Waals surface area contributed by atoms with Gasteiger partial charge in [0.1, 0.15) is 6.61 Å². The van der Waals surface area contributed by atoms with Crippen molar-refractivity contribution in [1.82, 2.24) is 19.5 Å². The molecular weight excluding hydrogens is 338 g/mol. The average Bonchev–Trinajstić information content (AvgIpc) is 3.06. The van der Waals surface area contributed by atoms with Crippen molar-refractivity contribution in [3.05, 3.63) is 6.33 Å². The summed E-state index contributed by atoms with van der Waals surface area (Å²) in [4.78, 5) is 14.1. The van der Waals surface area contributed by atoms with Gasteiger partial charge in [0.15, 0.2) is 35.0 Å². The first-order chi connectivity index (χ1) is 11.7. The number of fused-ring (bicyclic) bond motifs is 1. The minimum Gasteiger partial charge on any atom is -0.390 e. The van der Waals surface area contributed by atoms with E-state index < -0.39 is 30.5 Å². The Morgan fingerprint density at radius 2 is 2.12 bits per heavy atom. The van der Waals surface area contributed by atoms with E-state index in [-0.39, 0.29) is 11.6 Å². The van der Waals surface area contributed by atoms with Gasteiger partial charge >= 0.3 is 0 Å². The number of ether oxygens (including phenoxy) is 1. The smallest absolute Gasteiger partial charge is 0.263 e. The molecule has 1 aliphatic rings. The van der Waals surface area contributed by atoms with Crippen molar-refractivity contribution in [1.29, 1.82) is 0 Å². The number of alkyl halides is 2. The molecule has 0 spiro atoms. The van der Waals surface area contributed by atoms with Gasteiger partial charge in [-0.3, -0.25) is 4.57 Å². The second kappa shape index (κ2) is 5.71. The summed E-state index contributed by atoms with van der Waals surface area (Å²) in [6, 6.07) is 0. The van der Waals surface area contributed by atoms with Gasteiger partial charge in [0.05, 0.1) is 6.33 Å². The van der Waals surface area contributed by atoms with E-state index in [1.165, 1.54) is 6.33 Å². The molecule has 3 heterocycles. The van der Waals surface area contributed by atoms with E-state index in [0.717, 1.165) is 11.5 Å². The molecule has 1 unspecified atom stereocenters. The van der Waals surface area contributed by atoms with Crippen molar-refractivity contribution in [3.8, 4) is 0 Å². The largest absolute Gasteiger partial charge is 0.390 e. The van der Waals surface area contributed by atoms with Crippen molar-refractivity contribution in [2.24, 2.45) is 0 Å². The molecule has 1 aliphatic heterocycles.